The number of ether oxygens (including phenoxy) is 2. The number of hydrogen-bond acceptors (Lipinski definition) is 7. The van der Waals surface area contributed by atoms with E-state index in [1.807, 2.05) is 6.92 Å². The van der Waals surface area contributed by atoms with E-state index in [1.54, 1.807) is 13.8 Å². The van der Waals surface area contributed by atoms with Crippen LogP contribution in [0.3, 0.4) is 0 Å². The Kier molecular flexibility index (Phi) is 5.24. The number of halogens is 1. The summed E-state index contributed by atoms with van der Waals surface area (Å²) in [6.45, 7) is 5.16. The molecule has 0 radical (unpaired) electrons. The zero-order valence-electron chi connectivity index (χ0n) is 13.9. The fraction of sp³-hybridized carbons (Fsp3) is 0.667. The number of nitrogens with two attached hydrogens (primary N) is 1. The van der Waals surface area contributed by atoms with Gasteiger partial charge in [-0.05, 0) is 6.42 Å². The molecule has 8 nitrogen and oxygen atoms in total. The Hall–Kier alpha value is -2.00. The van der Waals surface area contributed by atoms with Gasteiger partial charge in [-0.2, -0.15) is 4.98 Å². The third-order valence-electron chi connectivity index (χ3n) is 4.08. The fourth-order valence-electron chi connectivity index (χ4n) is 2.54. The van der Waals surface area contributed by atoms with Crippen molar-refractivity contribution in [3.05, 3.63) is 22.5 Å². The Bertz CT molecular complexity index is 678. The first-order valence-electron chi connectivity index (χ1n) is 7.76. The van der Waals surface area contributed by atoms with Crippen LogP contribution in [-0.4, -0.2) is 38.9 Å². The number of esters is 1. The smallest absolute Gasteiger partial charge is 0.351 e. The molecule has 0 bridgehead atoms. The van der Waals surface area contributed by atoms with Crippen molar-refractivity contribution in [1.29, 1.82) is 0 Å². The summed E-state index contributed by atoms with van der Waals surface area (Å²) in [5.41, 5.74) is 3.47. The summed E-state index contributed by atoms with van der Waals surface area (Å²) in [7, 11) is 0. The Labute approximate surface area is 138 Å². The van der Waals surface area contributed by atoms with Crippen molar-refractivity contribution in [2.75, 3.05) is 12.3 Å². The van der Waals surface area contributed by atoms with Crippen LogP contribution in [0.4, 0.5) is 10.2 Å². The Morgan fingerprint density at radius 2 is 2.33 bits per heavy atom. The van der Waals surface area contributed by atoms with Crippen LogP contribution in [0.1, 0.15) is 39.8 Å². The lowest BCUT2D eigenvalue weighted by Crippen LogP contribution is -2.37. The first-order valence-corrected chi connectivity index (χ1v) is 7.76. The summed E-state index contributed by atoms with van der Waals surface area (Å²) in [6, 6.07) is 0. The molecule has 1 saturated heterocycles. The average Bonchev–Trinajstić information content (AvgIpc) is 2.86. The SMILES string of the molecule is CC[C@@]1(COC(=O)C(C)C)C[C@H](O)[C@H](n2cc(F)c(N)nc2=O)O1. The van der Waals surface area contributed by atoms with E-state index in [0.29, 0.717) is 6.42 Å². The minimum Gasteiger partial charge on any atom is -0.462 e. The molecule has 1 fully saturated rings. The molecule has 0 aromatic carbocycles. The van der Waals surface area contributed by atoms with Crippen molar-refractivity contribution in [2.45, 2.75) is 51.5 Å². The zero-order valence-corrected chi connectivity index (χ0v) is 13.9. The highest BCUT2D eigenvalue weighted by molar-refractivity contribution is 5.71. The third-order valence-corrected chi connectivity index (χ3v) is 4.08. The molecule has 3 N–H and O–H groups in total. The second kappa shape index (κ2) is 6.86. The maximum absolute atomic E-state index is 13.6. The lowest BCUT2D eigenvalue weighted by molar-refractivity contribution is -0.163. The lowest BCUT2D eigenvalue weighted by atomic mass is 9.96. The number of aliphatic hydroxyl groups is 1. The normalized spacial score (nSPS) is 26.8. The zero-order chi connectivity index (χ0) is 18.1. The van der Waals surface area contributed by atoms with Crippen LogP contribution >= 0.6 is 0 Å². The predicted molar refractivity (Wildman–Crippen MR) is 82.4 cm³/mol. The van der Waals surface area contributed by atoms with Gasteiger partial charge in [0.2, 0.25) is 0 Å². The maximum atomic E-state index is 13.6. The highest BCUT2D eigenvalue weighted by Crippen LogP contribution is 2.38. The van der Waals surface area contributed by atoms with E-state index in [-0.39, 0.29) is 24.9 Å². The van der Waals surface area contributed by atoms with Gasteiger partial charge in [0.05, 0.1) is 12.1 Å². The number of anilines is 1. The lowest BCUT2D eigenvalue weighted by Gasteiger charge is -2.27. The molecule has 2 rings (SSSR count). The number of nitrogen functional groups attached to an aromatic ring is 1. The summed E-state index contributed by atoms with van der Waals surface area (Å²) >= 11 is 0. The number of nitrogens with zero attached hydrogens (tertiary/aromatic N) is 2. The number of aromatic nitrogens is 2. The molecule has 0 amide bonds. The van der Waals surface area contributed by atoms with Crippen molar-refractivity contribution in [3.8, 4) is 0 Å². The van der Waals surface area contributed by atoms with Crippen LogP contribution in [0, 0.1) is 11.7 Å². The van der Waals surface area contributed by atoms with Crippen LogP contribution in [-0.2, 0) is 14.3 Å². The van der Waals surface area contributed by atoms with E-state index in [9.17, 15) is 19.1 Å². The van der Waals surface area contributed by atoms with Crippen LogP contribution in [0.25, 0.3) is 0 Å². The van der Waals surface area contributed by atoms with E-state index in [1.165, 1.54) is 0 Å². The second-order valence-electron chi connectivity index (χ2n) is 6.24. The molecule has 1 aliphatic heterocycles. The molecular weight excluding hydrogens is 321 g/mol. The van der Waals surface area contributed by atoms with E-state index < -0.39 is 35.3 Å². The number of carbonyl (C=O) groups excluding carboxylic acids is 1. The molecule has 1 aromatic heterocycles. The number of rotatable bonds is 5. The monoisotopic (exact) mass is 343 g/mol. The highest BCUT2D eigenvalue weighted by atomic mass is 19.1. The molecule has 0 aliphatic carbocycles. The molecule has 0 spiro atoms. The van der Waals surface area contributed by atoms with E-state index in [0.717, 1.165) is 10.8 Å². The van der Waals surface area contributed by atoms with Crippen molar-refractivity contribution in [1.82, 2.24) is 9.55 Å². The van der Waals surface area contributed by atoms with Crippen molar-refractivity contribution >= 4 is 11.8 Å². The molecule has 9 heteroatoms. The molecule has 1 aliphatic rings. The largest absolute Gasteiger partial charge is 0.462 e. The highest BCUT2D eigenvalue weighted by Gasteiger charge is 2.47. The molecule has 24 heavy (non-hydrogen) atoms. The first-order chi connectivity index (χ1) is 11.2. The molecule has 134 valence electrons. The van der Waals surface area contributed by atoms with Crippen molar-refractivity contribution in [2.24, 2.45) is 5.92 Å². The van der Waals surface area contributed by atoms with Crippen LogP contribution in [0.2, 0.25) is 0 Å². The van der Waals surface area contributed by atoms with Gasteiger partial charge >= 0.3 is 11.7 Å². The van der Waals surface area contributed by atoms with Crippen LogP contribution in [0.5, 0.6) is 0 Å². The average molecular weight is 343 g/mol. The molecule has 3 atom stereocenters. The van der Waals surface area contributed by atoms with Gasteiger partial charge in [-0.25, -0.2) is 9.18 Å². The van der Waals surface area contributed by atoms with Gasteiger partial charge in [-0.1, -0.05) is 20.8 Å². The standard InChI is InChI=1S/C15H22FN3O5/c1-4-15(7-23-13(21)8(2)3)5-10(20)12(24-15)19-6-9(16)11(17)18-14(19)22/h6,8,10,12,20H,4-5,7H2,1-3H3,(H2,17,18,22)/t10-,12+,15-/m0/s1. The van der Waals surface area contributed by atoms with Gasteiger partial charge in [0.25, 0.3) is 0 Å². The van der Waals surface area contributed by atoms with Gasteiger partial charge in [0.1, 0.15) is 18.3 Å². The molecule has 0 saturated carbocycles. The first kappa shape index (κ1) is 18.3. The van der Waals surface area contributed by atoms with Crippen LogP contribution < -0.4 is 11.4 Å². The Morgan fingerprint density at radius 3 is 2.92 bits per heavy atom. The Morgan fingerprint density at radius 1 is 1.67 bits per heavy atom. The number of aliphatic hydroxyl groups excluding tert-OH is 1. The molecular formula is C15H22FN3O5. The van der Waals surface area contributed by atoms with Gasteiger partial charge in [-0.15, -0.1) is 0 Å². The third kappa shape index (κ3) is 3.57. The number of carbonyl (C=O) groups is 1. The van der Waals surface area contributed by atoms with Gasteiger partial charge in [-0.3, -0.25) is 9.36 Å². The summed E-state index contributed by atoms with van der Waals surface area (Å²) in [5.74, 6) is -2.08. The molecule has 2 heterocycles. The quantitative estimate of drug-likeness (QED) is 0.752. The minimum absolute atomic E-state index is 0.0618. The summed E-state index contributed by atoms with van der Waals surface area (Å²) in [6.07, 6.45) is -0.781. The van der Waals surface area contributed by atoms with Gasteiger partial charge in [0, 0.05) is 6.42 Å². The summed E-state index contributed by atoms with van der Waals surface area (Å²) in [5, 5.41) is 10.3. The van der Waals surface area contributed by atoms with Crippen molar-refractivity contribution < 1.29 is 23.8 Å². The van der Waals surface area contributed by atoms with E-state index in [2.05, 4.69) is 4.98 Å². The minimum atomic E-state index is -1.13. The topological polar surface area (TPSA) is 117 Å². The fourth-order valence-corrected chi connectivity index (χ4v) is 2.54. The summed E-state index contributed by atoms with van der Waals surface area (Å²) in [4.78, 5) is 26.9. The van der Waals surface area contributed by atoms with E-state index in [4.69, 9.17) is 15.2 Å². The Balaban J connectivity index is 2.22. The van der Waals surface area contributed by atoms with Gasteiger partial charge in [0.15, 0.2) is 17.9 Å². The van der Waals surface area contributed by atoms with Gasteiger partial charge < -0.3 is 20.3 Å². The summed E-state index contributed by atoms with van der Waals surface area (Å²) < 4.78 is 25.5. The molecule has 0 unspecified atom stereocenters. The maximum Gasteiger partial charge on any atom is 0.351 e. The van der Waals surface area contributed by atoms with E-state index >= 15 is 0 Å². The molecule has 1 aromatic rings. The predicted octanol–water partition coefficient (Wildman–Crippen LogP) is 0.592. The van der Waals surface area contributed by atoms with Crippen LogP contribution in [0.15, 0.2) is 11.0 Å². The second-order valence-corrected chi connectivity index (χ2v) is 6.24. The number of hydrogen-bond donors (Lipinski definition) is 2. The van der Waals surface area contributed by atoms with Crippen molar-refractivity contribution in [3.63, 3.8) is 0 Å².